The van der Waals surface area contributed by atoms with Crippen molar-refractivity contribution in [2.24, 2.45) is 0 Å². The number of carbonyl (C=O) groups excluding carboxylic acids is 1. The Balaban J connectivity index is 0.00000112. The van der Waals surface area contributed by atoms with Gasteiger partial charge in [-0.1, -0.05) is 19.9 Å². The Bertz CT molecular complexity index is 1140. The summed E-state index contributed by atoms with van der Waals surface area (Å²) in [5, 5.41) is 4.61. The molecule has 0 radical (unpaired) electrons. The highest BCUT2D eigenvalue weighted by Crippen LogP contribution is 2.45. The van der Waals surface area contributed by atoms with Gasteiger partial charge in [0.05, 0.1) is 21.3 Å². The molecule has 164 valence electrons. The van der Waals surface area contributed by atoms with Crippen LogP contribution in [0, 0.1) is 0 Å². The predicted octanol–water partition coefficient (Wildman–Crippen LogP) is 5.97. The second-order valence-corrected chi connectivity index (χ2v) is 8.91. The molecule has 2 heterocycles. The van der Waals surface area contributed by atoms with E-state index in [4.69, 9.17) is 14.2 Å². The highest BCUT2D eigenvalue weighted by atomic mass is 31.1. The Hall–Kier alpha value is -2.52. The lowest BCUT2D eigenvalue weighted by molar-refractivity contribution is 0.181. The lowest BCUT2D eigenvalue weighted by Crippen LogP contribution is -2.45. The van der Waals surface area contributed by atoms with Crippen molar-refractivity contribution in [3.63, 3.8) is 0 Å². The van der Waals surface area contributed by atoms with E-state index in [0.29, 0.717) is 26.8 Å². The Kier molecular flexibility index (Phi) is 6.24. The molecule has 0 bridgehead atoms. The summed E-state index contributed by atoms with van der Waals surface area (Å²) < 4.78 is 16.7. The largest absolute Gasteiger partial charge is 0.497 e. The van der Waals surface area contributed by atoms with E-state index in [1.165, 1.54) is 21.9 Å². The average molecular weight is 439 g/mol. The SMILES string of the molecule is CC.COc1ccc2c3c(c4cc(OC)c(OC)cc4c2c1)CC1CCPC(=O)N1C3. The molecule has 2 aliphatic rings. The molecule has 1 amide bonds. The van der Waals surface area contributed by atoms with E-state index < -0.39 is 0 Å². The number of hydrogen-bond acceptors (Lipinski definition) is 4. The molecule has 2 aliphatic heterocycles. The maximum absolute atomic E-state index is 12.6. The van der Waals surface area contributed by atoms with Crippen LogP contribution >= 0.6 is 8.58 Å². The zero-order valence-electron chi connectivity index (χ0n) is 18.9. The Morgan fingerprint density at radius 2 is 1.55 bits per heavy atom. The van der Waals surface area contributed by atoms with Gasteiger partial charge in [-0.3, -0.25) is 4.79 Å². The van der Waals surface area contributed by atoms with Gasteiger partial charge in [-0.2, -0.15) is 0 Å². The maximum Gasteiger partial charge on any atom is 0.241 e. The Morgan fingerprint density at radius 1 is 0.871 bits per heavy atom. The van der Waals surface area contributed by atoms with Crippen molar-refractivity contribution in [3.05, 3.63) is 41.5 Å². The predicted molar refractivity (Wildman–Crippen MR) is 129 cm³/mol. The summed E-state index contributed by atoms with van der Waals surface area (Å²) >= 11 is 0. The van der Waals surface area contributed by atoms with Crippen molar-refractivity contribution in [2.45, 2.75) is 39.3 Å². The van der Waals surface area contributed by atoms with Gasteiger partial charge in [0.15, 0.2) is 11.5 Å². The van der Waals surface area contributed by atoms with Gasteiger partial charge < -0.3 is 19.1 Å². The third kappa shape index (κ3) is 3.59. The fourth-order valence-electron chi connectivity index (χ4n) is 4.81. The normalized spacial score (nSPS) is 18.3. The number of fused-ring (bicyclic) bond motifs is 7. The molecule has 1 fully saturated rings. The van der Waals surface area contributed by atoms with Crippen LogP contribution in [0.1, 0.15) is 31.4 Å². The minimum atomic E-state index is 0.295. The number of methoxy groups -OCH3 is 3. The van der Waals surface area contributed by atoms with E-state index in [1.54, 1.807) is 21.3 Å². The molecule has 3 aromatic rings. The number of hydrogen-bond donors (Lipinski definition) is 0. The fraction of sp³-hybridized carbons (Fsp3) is 0.400. The zero-order valence-corrected chi connectivity index (χ0v) is 19.9. The quantitative estimate of drug-likeness (QED) is 0.372. The van der Waals surface area contributed by atoms with Gasteiger partial charge in [0.1, 0.15) is 5.75 Å². The number of nitrogens with zero attached hydrogens (tertiary/aromatic N) is 1. The molecule has 31 heavy (non-hydrogen) atoms. The van der Waals surface area contributed by atoms with Crippen LogP contribution in [0.5, 0.6) is 17.2 Å². The molecule has 0 aromatic heterocycles. The van der Waals surface area contributed by atoms with Crippen LogP contribution < -0.4 is 14.2 Å². The van der Waals surface area contributed by atoms with E-state index in [1.807, 2.05) is 19.9 Å². The second kappa shape index (κ2) is 8.92. The monoisotopic (exact) mass is 439 g/mol. The van der Waals surface area contributed by atoms with Gasteiger partial charge in [-0.25, -0.2) is 0 Å². The summed E-state index contributed by atoms with van der Waals surface area (Å²) in [5.41, 5.74) is 2.89. The molecule has 0 saturated carbocycles. The highest BCUT2D eigenvalue weighted by Gasteiger charge is 2.34. The van der Waals surface area contributed by atoms with Crippen molar-refractivity contribution in [1.29, 1.82) is 0 Å². The van der Waals surface area contributed by atoms with Gasteiger partial charge in [-0.15, -0.1) is 0 Å². The Morgan fingerprint density at radius 3 is 2.23 bits per heavy atom. The molecule has 0 aliphatic carbocycles. The molecule has 2 atom stereocenters. The molecule has 0 N–H and O–H groups in total. The smallest absolute Gasteiger partial charge is 0.241 e. The van der Waals surface area contributed by atoms with Gasteiger partial charge in [0, 0.05) is 12.6 Å². The summed E-state index contributed by atoms with van der Waals surface area (Å²) in [4.78, 5) is 14.7. The third-order valence-corrected chi connectivity index (χ3v) is 7.41. The van der Waals surface area contributed by atoms with E-state index in [2.05, 4.69) is 29.2 Å². The van der Waals surface area contributed by atoms with Gasteiger partial charge >= 0.3 is 0 Å². The van der Waals surface area contributed by atoms with Crippen molar-refractivity contribution in [2.75, 3.05) is 27.5 Å². The van der Waals surface area contributed by atoms with E-state index in [0.717, 1.165) is 47.0 Å². The van der Waals surface area contributed by atoms with Gasteiger partial charge in [0.2, 0.25) is 5.65 Å². The Labute approximate surface area is 185 Å². The van der Waals surface area contributed by atoms with Gasteiger partial charge in [0.25, 0.3) is 0 Å². The van der Waals surface area contributed by atoms with Crippen LogP contribution in [-0.4, -0.2) is 44.1 Å². The van der Waals surface area contributed by atoms with Crippen molar-refractivity contribution >= 4 is 35.8 Å². The van der Waals surface area contributed by atoms with Crippen LogP contribution in [-0.2, 0) is 13.0 Å². The van der Waals surface area contributed by atoms with Crippen LogP contribution in [0.15, 0.2) is 30.3 Å². The molecule has 5 rings (SSSR count). The summed E-state index contributed by atoms with van der Waals surface area (Å²) in [6.07, 6.45) is 2.98. The number of ether oxygens (including phenoxy) is 3. The summed E-state index contributed by atoms with van der Waals surface area (Å²) in [7, 11) is 5.42. The number of amides is 1. The zero-order chi connectivity index (χ0) is 22.1. The van der Waals surface area contributed by atoms with Crippen molar-refractivity contribution < 1.29 is 19.0 Å². The molecule has 2 unspecified atom stereocenters. The first-order valence-corrected chi connectivity index (χ1v) is 12.1. The first kappa shape index (κ1) is 21.7. The lowest BCUT2D eigenvalue weighted by atomic mass is 9.84. The molecule has 0 spiro atoms. The topological polar surface area (TPSA) is 48.0 Å². The minimum Gasteiger partial charge on any atom is -0.497 e. The third-order valence-electron chi connectivity index (χ3n) is 6.28. The summed E-state index contributed by atoms with van der Waals surface area (Å²) in [5.74, 6) is 2.27. The second-order valence-electron chi connectivity index (χ2n) is 7.63. The molecular formula is C25H30NO4P. The first-order chi connectivity index (χ1) is 15.1. The maximum atomic E-state index is 12.6. The minimum absolute atomic E-state index is 0.295. The average Bonchev–Trinajstić information content (AvgIpc) is 2.83. The highest BCUT2D eigenvalue weighted by molar-refractivity contribution is 7.57. The van der Waals surface area contributed by atoms with Crippen molar-refractivity contribution in [1.82, 2.24) is 4.90 Å². The molecule has 5 nitrogen and oxygen atoms in total. The van der Waals surface area contributed by atoms with Crippen molar-refractivity contribution in [3.8, 4) is 17.2 Å². The van der Waals surface area contributed by atoms with Crippen LogP contribution in [0.3, 0.4) is 0 Å². The fourth-order valence-corrected chi connectivity index (χ4v) is 5.97. The molecule has 6 heteroatoms. The van der Waals surface area contributed by atoms with E-state index in [-0.39, 0.29) is 0 Å². The number of benzene rings is 3. The summed E-state index contributed by atoms with van der Waals surface area (Å²) in [6, 6.07) is 10.7. The van der Waals surface area contributed by atoms with Crippen LogP contribution in [0.25, 0.3) is 21.5 Å². The van der Waals surface area contributed by atoms with Crippen LogP contribution in [0.2, 0.25) is 0 Å². The molecular weight excluding hydrogens is 409 g/mol. The van der Waals surface area contributed by atoms with Gasteiger partial charge in [-0.05, 0) is 84.5 Å². The summed E-state index contributed by atoms with van der Waals surface area (Å²) in [6.45, 7) is 4.68. The first-order valence-electron chi connectivity index (χ1n) is 10.9. The number of carbonyl (C=O) groups is 1. The molecule has 3 aromatic carbocycles. The van der Waals surface area contributed by atoms with Crippen LogP contribution in [0.4, 0.5) is 4.79 Å². The van der Waals surface area contributed by atoms with E-state index in [9.17, 15) is 4.79 Å². The standard InChI is InChI=1S/C23H24NO4P.C2H6/c1-26-14-4-5-15-17(9-14)19-11-22(28-3)21(27-2)10-18(19)16-8-13-6-7-29-23(25)24(13)12-20(15)16;1-2/h4-5,9-11,13,29H,6-8,12H2,1-3H3;1-2H3. The number of rotatable bonds is 3. The van der Waals surface area contributed by atoms with E-state index >= 15 is 0 Å². The molecule has 1 saturated heterocycles. The lowest BCUT2D eigenvalue weighted by Gasteiger charge is -2.41.